The first kappa shape index (κ1) is 21.3. The van der Waals surface area contributed by atoms with Crippen LogP contribution in [0, 0.1) is 5.92 Å². The van der Waals surface area contributed by atoms with E-state index in [0.717, 1.165) is 50.1 Å². The molecule has 1 aromatic carbocycles. The lowest BCUT2D eigenvalue weighted by Crippen LogP contribution is -2.39. The van der Waals surface area contributed by atoms with E-state index in [2.05, 4.69) is 31.1 Å². The lowest BCUT2D eigenvalue weighted by Gasteiger charge is -2.31. The summed E-state index contributed by atoms with van der Waals surface area (Å²) < 4.78 is 5.37. The number of carbonyl (C=O) groups excluding carboxylic acids is 2. The molecule has 1 aliphatic carbocycles. The van der Waals surface area contributed by atoms with Gasteiger partial charge in [0.2, 0.25) is 0 Å². The number of rotatable bonds is 7. The Kier molecular flexibility index (Phi) is 6.12. The quantitative estimate of drug-likeness (QED) is 0.510. The van der Waals surface area contributed by atoms with E-state index in [-0.39, 0.29) is 23.8 Å². The molecule has 2 fully saturated rings. The zero-order valence-corrected chi connectivity index (χ0v) is 18.2. The van der Waals surface area contributed by atoms with E-state index in [0.29, 0.717) is 22.9 Å². The van der Waals surface area contributed by atoms with E-state index in [4.69, 9.17) is 4.52 Å². The average Bonchev–Trinajstić information content (AvgIpc) is 3.59. The Balaban J connectivity index is 1.37. The molecule has 3 aromatic rings. The van der Waals surface area contributed by atoms with Crippen LogP contribution in [0.4, 0.5) is 5.69 Å². The van der Waals surface area contributed by atoms with Crippen molar-refractivity contribution in [2.45, 2.75) is 37.6 Å². The minimum atomic E-state index is -0.259. The van der Waals surface area contributed by atoms with Crippen molar-refractivity contribution in [1.29, 1.82) is 0 Å². The van der Waals surface area contributed by atoms with Gasteiger partial charge in [0.25, 0.3) is 11.8 Å². The summed E-state index contributed by atoms with van der Waals surface area (Å²) in [4.78, 5) is 33.7. The smallest absolute Gasteiger partial charge is 0.273 e. The van der Waals surface area contributed by atoms with Crippen LogP contribution in [0.15, 0.2) is 53.6 Å². The summed E-state index contributed by atoms with van der Waals surface area (Å²) in [5, 5.41) is 13.3. The van der Waals surface area contributed by atoms with Crippen molar-refractivity contribution in [3.63, 3.8) is 0 Å². The largest absolute Gasteiger partial charge is 0.360 e. The Bertz CT molecular complexity index is 1120. The molecule has 1 saturated heterocycles. The van der Waals surface area contributed by atoms with E-state index in [1.54, 1.807) is 24.5 Å². The Morgan fingerprint density at radius 1 is 1.03 bits per heavy atom. The number of benzene rings is 1. The summed E-state index contributed by atoms with van der Waals surface area (Å²) in [5.41, 5.74) is 2.21. The molecule has 9 nitrogen and oxygen atoms in total. The van der Waals surface area contributed by atoms with Crippen LogP contribution >= 0.6 is 0 Å². The molecule has 33 heavy (non-hydrogen) atoms. The molecule has 0 bridgehead atoms. The minimum Gasteiger partial charge on any atom is -0.360 e. The lowest BCUT2D eigenvalue weighted by atomic mass is 9.85. The van der Waals surface area contributed by atoms with Gasteiger partial charge in [0.1, 0.15) is 12.1 Å². The number of hydrogen-bond donors (Lipinski definition) is 3. The standard InChI is InChI=1S/C24H26N6O3/c31-23(28-19-12-26-14-27-13-19)18-3-1-2-17(10-18)22(16-6-8-25-9-7-16)29-24(32)20-11-21(33-30-20)15-4-5-15/h1-3,10-16,22,25H,4-9H2,(H,28,31)(H,29,32). The number of hydrogen-bond acceptors (Lipinski definition) is 7. The van der Waals surface area contributed by atoms with Crippen LogP contribution < -0.4 is 16.0 Å². The highest BCUT2D eigenvalue weighted by Gasteiger charge is 2.31. The number of nitrogens with one attached hydrogen (secondary N) is 3. The van der Waals surface area contributed by atoms with Crippen molar-refractivity contribution in [3.8, 4) is 0 Å². The fraction of sp³-hybridized carbons (Fsp3) is 0.375. The molecule has 5 rings (SSSR count). The predicted octanol–water partition coefficient (Wildman–Crippen LogP) is 3.07. The van der Waals surface area contributed by atoms with Crippen LogP contribution in [0.3, 0.4) is 0 Å². The van der Waals surface area contributed by atoms with Gasteiger partial charge in [-0.25, -0.2) is 9.97 Å². The van der Waals surface area contributed by atoms with Gasteiger partial charge in [-0.15, -0.1) is 0 Å². The van der Waals surface area contributed by atoms with Crippen LogP contribution in [0.1, 0.15) is 69.8 Å². The first-order valence-electron chi connectivity index (χ1n) is 11.3. The van der Waals surface area contributed by atoms with Crippen molar-refractivity contribution < 1.29 is 14.1 Å². The highest BCUT2D eigenvalue weighted by atomic mass is 16.5. The Morgan fingerprint density at radius 2 is 1.82 bits per heavy atom. The Labute approximate surface area is 191 Å². The molecular formula is C24H26N6O3. The second kappa shape index (κ2) is 9.50. The van der Waals surface area contributed by atoms with Gasteiger partial charge >= 0.3 is 0 Å². The van der Waals surface area contributed by atoms with E-state index in [9.17, 15) is 9.59 Å². The minimum absolute atomic E-state index is 0.242. The first-order chi connectivity index (χ1) is 16.2. The van der Waals surface area contributed by atoms with Gasteiger partial charge in [0.15, 0.2) is 5.69 Å². The molecule has 0 spiro atoms. The molecular weight excluding hydrogens is 420 g/mol. The number of carbonyl (C=O) groups is 2. The Hall–Kier alpha value is -3.59. The number of anilines is 1. The topological polar surface area (TPSA) is 122 Å². The summed E-state index contributed by atoms with van der Waals surface area (Å²) in [6.45, 7) is 1.78. The second-order valence-electron chi connectivity index (χ2n) is 8.63. The fourth-order valence-electron chi connectivity index (χ4n) is 4.26. The highest BCUT2D eigenvalue weighted by Crippen LogP contribution is 2.40. The summed E-state index contributed by atoms with van der Waals surface area (Å²) in [6, 6.07) is 8.89. The van der Waals surface area contributed by atoms with Crippen molar-refractivity contribution >= 4 is 17.5 Å². The second-order valence-corrected chi connectivity index (χ2v) is 8.63. The van der Waals surface area contributed by atoms with E-state index in [1.807, 2.05) is 18.2 Å². The summed E-state index contributed by atoms with van der Waals surface area (Å²) >= 11 is 0. The molecule has 3 N–H and O–H groups in total. The molecule has 2 amide bonds. The normalized spacial score (nSPS) is 17.3. The summed E-state index contributed by atoms with van der Waals surface area (Å²) in [7, 11) is 0. The fourth-order valence-corrected chi connectivity index (χ4v) is 4.26. The van der Waals surface area contributed by atoms with Crippen molar-refractivity contribution in [2.24, 2.45) is 5.92 Å². The van der Waals surface area contributed by atoms with E-state index < -0.39 is 0 Å². The molecule has 1 aliphatic heterocycles. The van der Waals surface area contributed by atoms with Gasteiger partial charge in [0.05, 0.1) is 24.1 Å². The third-order valence-electron chi connectivity index (χ3n) is 6.21. The lowest BCUT2D eigenvalue weighted by molar-refractivity contribution is 0.0904. The van der Waals surface area contributed by atoms with Gasteiger partial charge < -0.3 is 20.5 Å². The molecule has 1 saturated carbocycles. The molecule has 9 heteroatoms. The molecule has 0 radical (unpaired) electrons. The SMILES string of the molecule is O=C(Nc1cncnc1)c1cccc(C(NC(=O)c2cc(C3CC3)on2)C2CCNCC2)c1. The highest BCUT2D eigenvalue weighted by molar-refractivity contribution is 6.04. The number of nitrogens with zero attached hydrogens (tertiary/aromatic N) is 3. The van der Waals surface area contributed by atoms with Crippen LogP contribution in [0.25, 0.3) is 0 Å². The third-order valence-corrected chi connectivity index (χ3v) is 6.21. The molecule has 1 unspecified atom stereocenters. The Morgan fingerprint density at radius 3 is 2.58 bits per heavy atom. The van der Waals surface area contributed by atoms with E-state index >= 15 is 0 Å². The molecule has 3 heterocycles. The first-order valence-corrected chi connectivity index (χ1v) is 11.3. The molecule has 1 atom stereocenters. The number of amides is 2. The van der Waals surface area contributed by atoms with Gasteiger partial charge in [-0.3, -0.25) is 9.59 Å². The summed E-state index contributed by atoms with van der Waals surface area (Å²) in [6.07, 6.45) is 8.51. The zero-order chi connectivity index (χ0) is 22.6. The monoisotopic (exact) mass is 446 g/mol. The zero-order valence-electron chi connectivity index (χ0n) is 18.2. The number of aromatic nitrogens is 3. The van der Waals surface area contributed by atoms with Crippen molar-refractivity contribution in [1.82, 2.24) is 25.8 Å². The van der Waals surface area contributed by atoms with Gasteiger partial charge in [-0.2, -0.15) is 0 Å². The van der Waals surface area contributed by atoms with Crippen molar-refractivity contribution in [3.05, 3.63) is 71.6 Å². The van der Waals surface area contributed by atoms with Gasteiger partial charge in [-0.1, -0.05) is 17.3 Å². The maximum Gasteiger partial charge on any atom is 0.273 e. The maximum atomic E-state index is 13.0. The molecule has 170 valence electrons. The van der Waals surface area contributed by atoms with Crippen LogP contribution in [0.2, 0.25) is 0 Å². The third kappa shape index (κ3) is 5.09. The van der Waals surface area contributed by atoms with Gasteiger partial charge in [-0.05, 0) is 62.4 Å². The average molecular weight is 447 g/mol. The van der Waals surface area contributed by atoms with Crippen LogP contribution in [-0.2, 0) is 0 Å². The van der Waals surface area contributed by atoms with Crippen LogP contribution in [-0.4, -0.2) is 40.0 Å². The molecule has 2 aliphatic rings. The van der Waals surface area contributed by atoms with Gasteiger partial charge in [0, 0.05) is 17.5 Å². The summed E-state index contributed by atoms with van der Waals surface area (Å²) in [5.74, 6) is 0.899. The maximum absolute atomic E-state index is 13.0. The van der Waals surface area contributed by atoms with Crippen LogP contribution in [0.5, 0.6) is 0 Å². The number of piperidine rings is 1. The van der Waals surface area contributed by atoms with Crippen molar-refractivity contribution in [2.75, 3.05) is 18.4 Å². The van der Waals surface area contributed by atoms with E-state index in [1.165, 1.54) is 6.33 Å². The molecule has 2 aromatic heterocycles. The predicted molar refractivity (Wildman–Crippen MR) is 121 cm³/mol.